The van der Waals surface area contributed by atoms with Crippen molar-refractivity contribution < 1.29 is 9.53 Å². The Morgan fingerprint density at radius 3 is 2.51 bits per heavy atom. The molecule has 0 saturated carbocycles. The smallest absolute Gasteiger partial charge is 0.251 e. The Kier molecular flexibility index (Phi) is 8.79. The highest BCUT2D eigenvalue weighted by molar-refractivity contribution is 6.30. The van der Waals surface area contributed by atoms with Gasteiger partial charge < -0.3 is 14.6 Å². The van der Waals surface area contributed by atoms with Crippen LogP contribution in [0.2, 0.25) is 5.02 Å². The number of aromatic nitrogens is 2. The van der Waals surface area contributed by atoms with Crippen LogP contribution in [0.15, 0.2) is 72.8 Å². The van der Waals surface area contributed by atoms with Crippen molar-refractivity contribution in [1.82, 2.24) is 14.9 Å². The molecule has 0 fully saturated rings. The Morgan fingerprint density at radius 1 is 0.971 bits per heavy atom. The van der Waals surface area contributed by atoms with Gasteiger partial charge in [-0.25, -0.2) is 4.98 Å². The van der Waals surface area contributed by atoms with Crippen molar-refractivity contribution in [2.75, 3.05) is 13.2 Å². The summed E-state index contributed by atoms with van der Waals surface area (Å²) in [5.41, 5.74) is 4.10. The summed E-state index contributed by atoms with van der Waals surface area (Å²) >= 11 is 5.89. The summed E-state index contributed by atoms with van der Waals surface area (Å²) in [4.78, 5) is 17.1. The largest absolute Gasteiger partial charge is 0.492 e. The molecule has 1 heterocycles. The van der Waals surface area contributed by atoms with Crippen molar-refractivity contribution in [3.05, 3.63) is 94.8 Å². The maximum absolute atomic E-state index is 12.2. The van der Waals surface area contributed by atoms with E-state index < -0.39 is 0 Å². The average molecular weight is 490 g/mol. The van der Waals surface area contributed by atoms with E-state index in [1.807, 2.05) is 18.2 Å². The third kappa shape index (κ3) is 6.86. The van der Waals surface area contributed by atoms with Gasteiger partial charge in [-0.1, -0.05) is 49.2 Å². The van der Waals surface area contributed by atoms with Gasteiger partial charge in [0.2, 0.25) is 0 Å². The second-order valence-electron chi connectivity index (χ2n) is 8.59. The number of halogens is 1. The molecule has 1 aromatic heterocycles. The van der Waals surface area contributed by atoms with Gasteiger partial charge in [0.25, 0.3) is 5.91 Å². The molecular formula is C29H32ClN3O2. The van der Waals surface area contributed by atoms with E-state index in [-0.39, 0.29) is 5.91 Å². The Bertz CT molecular complexity index is 1230. The molecule has 4 rings (SSSR count). The first-order valence-electron chi connectivity index (χ1n) is 12.3. The van der Waals surface area contributed by atoms with Gasteiger partial charge in [-0.2, -0.15) is 0 Å². The zero-order valence-electron chi connectivity index (χ0n) is 20.2. The Morgan fingerprint density at radius 2 is 1.74 bits per heavy atom. The van der Waals surface area contributed by atoms with Crippen LogP contribution in [0, 0.1) is 0 Å². The van der Waals surface area contributed by atoms with Crippen LogP contribution < -0.4 is 10.1 Å². The molecule has 0 aliphatic carbocycles. The summed E-state index contributed by atoms with van der Waals surface area (Å²) in [5, 5.41) is 3.61. The molecule has 0 spiro atoms. The fourth-order valence-electron chi connectivity index (χ4n) is 4.13. The number of carbonyl (C=O) groups is 1. The first-order valence-corrected chi connectivity index (χ1v) is 12.7. The van der Waals surface area contributed by atoms with Crippen LogP contribution in [-0.2, 0) is 19.4 Å². The van der Waals surface area contributed by atoms with E-state index in [1.54, 1.807) is 24.3 Å². The molecule has 1 N–H and O–H groups in total. The highest BCUT2D eigenvalue weighted by atomic mass is 35.5. The number of ether oxygens (including phenoxy) is 1. The molecule has 0 unspecified atom stereocenters. The summed E-state index contributed by atoms with van der Waals surface area (Å²) in [6.07, 6.45) is 4.88. The molecule has 0 saturated heterocycles. The van der Waals surface area contributed by atoms with Gasteiger partial charge in [-0.3, -0.25) is 4.79 Å². The van der Waals surface area contributed by atoms with Gasteiger partial charge in [0, 0.05) is 23.6 Å². The molecule has 5 nitrogen and oxygen atoms in total. The zero-order chi connectivity index (χ0) is 24.5. The average Bonchev–Trinajstić information content (AvgIpc) is 3.24. The number of hydrogen-bond acceptors (Lipinski definition) is 3. The van der Waals surface area contributed by atoms with E-state index in [2.05, 4.69) is 47.1 Å². The number of para-hydroxylation sites is 2. The van der Waals surface area contributed by atoms with E-state index >= 15 is 0 Å². The van der Waals surface area contributed by atoms with Crippen LogP contribution in [-0.4, -0.2) is 28.6 Å². The van der Waals surface area contributed by atoms with E-state index in [0.717, 1.165) is 61.3 Å². The fourth-order valence-corrected chi connectivity index (χ4v) is 4.26. The number of imidazole rings is 1. The normalized spacial score (nSPS) is 11.0. The number of rotatable bonds is 12. The van der Waals surface area contributed by atoms with Crippen LogP contribution in [0.25, 0.3) is 11.0 Å². The highest BCUT2D eigenvalue weighted by Gasteiger charge is 2.11. The fraction of sp³-hybridized carbons (Fsp3) is 0.310. The lowest BCUT2D eigenvalue weighted by Crippen LogP contribution is -2.24. The summed E-state index contributed by atoms with van der Waals surface area (Å²) < 4.78 is 8.29. The molecule has 0 radical (unpaired) electrons. The van der Waals surface area contributed by atoms with Gasteiger partial charge in [-0.05, 0) is 73.4 Å². The topological polar surface area (TPSA) is 56.1 Å². The monoisotopic (exact) mass is 489 g/mol. The lowest BCUT2D eigenvalue weighted by molar-refractivity contribution is 0.0953. The number of fused-ring (bicyclic) bond motifs is 1. The number of nitrogens with zero attached hydrogens (tertiary/aromatic N) is 2. The minimum Gasteiger partial charge on any atom is -0.492 e. The van der Waals surface area contributed by atoms with E-state index in [1.165, 1.54) is 5.56 Å². The second-order valence-corrected chi connectivity index (χ2v) is 9.02. The van der Waals surface area contributed by atoms with Gasteiger partial charge in [-0.15, -0.1) is 0 Å². The van der Waals surface area contributed by atoms with Crippen molar-refractivity contribution in [1.29, 1.82) is 0 Å². The molecule has 35 heavy (non-hydrogen) atoms. The Labute approximate surface area is 212 Å². The summed E-state index contributed by atoms with van der Waals surface area (Å²) in [6.45, 7) is 4.15. The van der Waals surface area contributed by atoms with Crippen molar-refractivity contribution in [3.63, 3.8) is 0 Å². The molecule has 0 atom stereocenters. The number of carbonyl (C=O) groups excluding carboxylic acids is 1. The number of benzene rings is 3. The predicted molar refractivity (Wildman–Crippen MR) is 142 cm³/mol. The van der Waals surface area contributed by atoms with E-state index in [4.69, 9.17) is 21.3 Å². The summed E-state index contributed by atoms with van der Waals surface area (Å²) in [5.74, 6) is 1.92. The number of nitrogens with one attached hydrogen (secondary N) is 1. The van der Waals surface area contributed by atoms with Crippen molar-refractivity contribution >= 4 is 28.5 Å². The zero-order valence-corrected chi connectivity index (χ0v) is 20.9. The Hall–Kier alpha value is -3.31. The first-order chi connectivity index (χ1) is 17.1. The van der Waals surface area contributed by atoms with Crippen LogP contribution >= 0.6 is 11.6 Å². The molecule has 0 aliphatic rings. The first kappa shape index (κ1) is 24.8. The molecule has 0 aliphatic heterocycles. The lowest BCUT2D eigenvalue weighted by atomic mass is 10.1. The van der Waals surface area contributed by atoms with E-state index in [9.17, 15) is 4.79 Å². The standard InChI is InChI=1S/C29H32ClN3O2/c1-2-22-11-17-25(18-12-22)35-21-20-33-27-9-6-5-8-26(27)32-28(33)10-4-3-7-19-31-29(34)23-13-15-24(30)16-14-23/h5-6,8-9,11-18H,2-4,7,10,19-21H2,1H3,(H,31,34). The van der Waals surface area contributed by atoms with Gasteiger partial charge >= 0.3 is 0 Å². The van der Waals surface area contributed by atoms with Crippen molar-refractivity contribution in [3.8, 4) is 5.75 Å². The third-order valence-electron chi connectivity index (χ3n) is 6.12. The van der Waals surface area contributed by atoms with E-state index in [0.29, 0.717) is 23.7 Å². The molecule has 3 aromatic carbocycles. The molecule has 4 aromatic rings. The van der Waals surface area contributed by atoms with Crippen LogP contribution in [0.3, 0.4) is 0 Å². The van der Waals surface area contributed by atoms with Crippen LogP contribution in [0.1, 0.15) is 47.9 Å². The number of aryl methyl sites for hydroxylation is 2. The van der Waals surface area contributed by atoms with Gasteiger partial charge in [0.15, 0.2) is 0 Å². The molecule has 1 amide bonds. The highest BCUT2D eigenvalue weighted by Crippen LogP contribution is 2.19. The summed E-state index contributed by atoms with van der Waals surface area (Å²) in [6, 6.07) is 23.5. The van der Waals surface area contributed by atoms with Gasteiger partial charge in [0.05, 0.1) is 17.6 Å². The number of amides is 1. The van der Waals surface area contributed by atoms with Crippen LogP contribution in [0.5, 0.6) is 5.75 Å². The maximum Gasteiger partial charge on any atom is 0.251 e. The summed E-state index contributed by atoms with van der Waals surface area (Å²) in [7, 11) is 0. The maximum atomic E-state index is 12.2. The number of unbranched alkanes of at least 4 members (excludes halogenated alkanes) is 2. The van der Waals surface area contributed by atoms with Crippen molar-refractivity contribution in [2.45, 2.75) is 45.6 Å². The van der Waals surface area contributed by atoms with Crippen molar-refractivity contribution in [2.24, 2.45) is 0 Å². The molecule has 0 bridgehead atoms. The van der Waals surface area contributed by atoms with Crippen LogP contribution in [0.4, 0.5) is 0 Å². The molecule has 182 valence electrons. The quantitative estimate of drug-likeness (QED) is 0.232. The minimum absolute atomic E-state index is 0.0622. The second kappa shape index (κ2) is 12.4. The predicted octanol–water partition coefficient (Wildman–Crippen LogP) is 6.47. The lowest BCUT2D eigenvalue weighted by Gasteiger charge is -2.11. The third-order valence-corrected chi connectivity index (χ3v) is 6.37. The Balaban J connectivity index is 1.26. The molecule has 6 heteroatoms. The van der Waals surface area contributed by atoms with Gasteiger partial charge in [0.1, 0.15) is 18.2 Å². The molecular weight excluding hydrogens is 458 g/mol. The number of hydrogen-bond donors (Lipinski definition) is 1. The SMILES string of the molecule is CCc1ccc(OCCn2c(CCCCCNC(=O)c3ccc(Cl)cc3)nc3ccccc32)cc1. The minimum atomic E-state index is -0.0622.